The van der Waals surface area contributed by atoms with Gasteiger partial charge in [-0.05, 0) is 26.3 Å². The molecule has 58 valence electrons. The van der Waals surface area contributed by atoms with Crippen LogP contribution in [0.2, 0.25) is 0 Å². The van der Waals surface area contributed by atoms with Gasteiger partial charge in [-0.3, -0.25) is 4.90 Å². The molecule has 1 saturated heterocycles. The van der Waals surface area contributed by atoms with Crippen LogP contribution in [-0.4, -0.2) is 24.0 Å². The van der Waals surface area contributed by atoms with E-state index in [4.69, 9.17) is 11.6 Å². The van der Waals surface area contributed by atoms with Crippen LogP contribution in [0.3, 0.4) is 0 Å². The predicted octanol–water partition coefficient (Wildman–Crippen LogP) is 2.22. The molecule has 0 saturated carbocycles. The monoisotopic (exact) mass is 159 g/mol. The fourth-order valence-corrected chi connectivity index (χ4v) is 1.52. The number of likely N-dealkylation sites (tertiary alicyclic amines) is 1. The van der Waals surface area contributed by atoms with E-state index in [1.54, 1.807) is 5.54 Å². The first-order valence-electron chi connectivity index (χ1n) is 3.84. The zero-order valence-corrected chi connectivity index (χ0v) is 7.14. The molecule has 0 bridgehead atoms. The number of hydrogen-bond donors (Lipinski definition) is 0. The van der Waals surface area contributed by atoms with Gasteiger partial charge in [0, 0.05) is 18.1 Å². The van der Waals surface area contributed by atoms with Crippen LogP contribution in [0.5, 0.6) is 0 Å². The molecule has 1 heterocycles. The maximum Gasteiger partial charge on any atom is 0.0177 e. The van der Waals surface area contributed by atoms with E-state index < -0.39 is 0 Å². The average molecular weight is 160 g/mol. The zero-order chi connectivity index (χ0) is 7.40. The highest BCUT2D eigenvalue weighted by Gasteiger charge is 2.17. The van der Waals surface area contributed by atoms with Gasteiger partial charge in [0.05, 0.1) is 0 Å². The molecule has 1 aliphatic heterocycles. The molecule has 0 aromatic heterocycles. The van der Waals surface area contributed by atoms with Crippen LogP contribution in [0.15, 0.2) is 11.6 Å². The second kappa shape index (κ2) is 3.99. The van der Waals surface area contributed by atoms with Gasteiger partial charge in [0.25, 0.3) is 0 Å². The van der Waals surface area contributed by atoms with E-state index in [-0.39, 0.29) is 0 Å². The van der Waals surface area contributed by atoms with Gasteiger partial charge in [0.1, 0.15) is 0 Å². The molecule has 1 nitrogen and oxygen atoms in total. The van der Waals surface area contributed by atoms with Gasteiger partial charge >= 0.3 is 0 Å². The Morgan fingerprint density at radius 2 is 2.50 bits per heavy atom. The van der Waals surface area contributed by atoms with Crippen molar-refractivity contribution in [1.29, 1.82) is 0 Å². The second-order valence-corrected chi connectivity index (χ2v) is 3.10. The van der Waals surface area contributed by atoms with Crippen molar-refractivity contribution in [2.75, 3.05) is 13.1 Å². The fraction of sp³-hybridized carbons (Fsp3) is 0.750. The lowest BCUT2D eigenvalue weighted by atomic mass is 10.2. The van der Waals surface area contributed by atoms with Gasteiger partial charge in [-0.25, -0.2) is 0 Å². The summed E-state index contributed by atoms with van der Waals surface area (Å²) >= 11 is 5.42. The molecule has 0 amide bonds. The second-order valence-electron chi connectivity index (χ2n) is 2.85. The Balaban J connectivity index is 2.26. The SMILES string of the molecule is CC1CCCN1C/C=C/Cl. The van der Waals surface area contributed by atoms with Crippen molar-refractivity contribution in [3.8, 4) is 0 Å². The van der Waals surface area contributed by atoms with Crippen molar-refractivity contribution in [3.63, 3.8) is 0 Å². The molecule has 10 heavy (non-hydrogen) atoms. The molecule has 1 fully saturated rings. The Kier molecular flexibility index (Phi) is 3.23. The molecular formula is C8H14ClN. The molecule has 0 spiro atoms. The van der Waals surface area contributed by atoms with Crippen molar-refractivity contribution in [3.05, 3.63) is 11.6 Å². The van der Waals surface area contributed by atoms with Crippen LogP contribution in [0.25, 0.3) is 0 Å². The van der Waals surface area contributed by atoms with Crippen molar-refractivity contribution >= 4 is 11.6 Å². The summed E-state index contributed by atoms with van der Waals surface area (Å²) in [5, 5.41) is 0. The highest BCUT2D eigenvalue weighted by molar-refractivity contribution is 6.25. The van der Waals surface area contributed by atoms with E-state index in [1.807, 2.05) is 6.08 Å². The van der Waals surface area contributed by atoms with Crippen LogP contribution >= 0.6 is 11.6 Å². The Hall–Kier alpha value is -0.0100. The average Bonchev–Trinajstić information content (AvgIpc) is 2.31. The van der Waals surface area contributed by atoms with Crippen LogP contribution < -0.4 is 0 Å². The lowest BCUT2D eigenvalue weighted by Gasteiger charge is -2.17. The van der Waals surface area contributed by atoms with E-state index in [1.165, 1.54) is 19.4 Å². The molecular weight excluding hydrogens is 146 g/mol. The predicted molar refractivity (Wildman–Crippen MR) is 45.3 cm³/mol. The van der Waals surface area contributed by atoms with Gasteiger partial charge in [-0.15, -0.1) is 0 Å². The minimum Gasteiger partial charge on any atom is -0.297 e. The minimum atomic E-state index is 0.757. The topological polar surface area (TPSA) is 3.24 Å². The quantitative estimate of drug-likeness (QED) is 0.598. The number of halogens is 1. The van der Waals surface area contributed by atoms with Crippen LogP contribution in [0.1, 0.15) is 19.8 Å². The first-order valence-corrected chi connectivity index (χ1v) is 4.27. The van der Waals surface area contributed by atoms with Crippen molar-refractivity contribution in [2.24, 2.45) is 0 Å². The zero-order valence-electron chi connectivity index (χ0n) is 6.39. The molecule has 1 atom stereocenters. The Bertz CT molecular complexity index is 122. The largest absolute Gasteiger partial charge is 0.297 e. The summed E-state index contributed by atoms with van der Waals surface area (Å²) in [7, 11) is 0. The van der Waals surface area contributed by atoms with Crippen LogP contribution in [0, 0.1) is 0 Å². The summed E-state index contributed by atoms with van der Waals surface area (Å²) in [4.78, 5) is 2.44. The summed E-state index contributed by atoms with van der Waals surface area (Å²) in [5.41, 5.74) is 1.60. The molecule has 1 unspecified atom stereocenters. The van der Waals surface area contributed by atoms with E-state index in [9.17, 15) is 0 Å². The molecule has 0 aromatic carbocycles. The molecule has 0 radical (unpaired) electrons. The first-order chi connectivity index (χ1) is 4.84. The van der Waals surface area contributed by atoms with Crippen LogP contribution in [0.4, 0.5) is 0 Å². The molecule has 1 aliphatic rings. The number of nitrogens with zero attached hydrogens (tertiary/aromatic N) is 1. The minimum absolute atomic E-state index is 0.757. The molecule has 2 heteroatoms. The highest BCUT2D eigenvalue weighted by Crippen LogP contribution is 2.15. The molecule has 0 aliphatic carbocycles. The Morgan fingerprint density at radius 1 is 1.70 bits per heavy atom. The maximum absolute atomic E-state index is 5.42. The van der Waals surface area contributed by atoms with E-state index in [2.05, 4.69) is 11.8 Å². The number of hydrogen-bond acceptors (Lipinski definition) is 1. The summed E-state index contributed by atoms with van der Waals surface area (Å²) in [5.74, 6) is 0. The van der Waals surface area contributed by atoms with Gasteiger partial charge < -0.3 is 0 Å². The lowest BCUT2D eigenvalue weighted by molar-refractivity contribution is 0.298. The van der Waals surface area contributed by atoms with Gasteiger partial charge in [-0.2, -0.15) is 0 Å². The first kappa shape index (κ1) is 8.09. The van der Waals surface area contributed by atoms with Crippen molar-refractivity contribution in [2.45, 2.75) is 25.8 Å². The third-order valence-electron chi connectivity index (χ3n) is 2.12. The van der Waals surface area contributed by atoms with Crippen molar-refractivity contribution in [1.82, 2.24) is 4.90 Å². The summed E-state index contributed by atoms with van der Waals surface area (Å²) in [6.45, 7) is 4.53. The Labute approximate surface area is 67.7 Å². The van der Waals surface area contributed by atoms with Gasteiger partial charge in [0.2, 0.25) is 0 Å². The standard InChI is InChI=1S/C8H14ClN/c1-8-4-2-6-10(8)7-3-5-9/h3,5,8H,2,4,6-7H2,1H3/b5-3+. The third-order valence-corrected chi connectivity index (χ3v) is 2.30. The summed E-state index contributed by atoms with van der Waals surface area (Å²) in [6, 6.07) is 0.757. The summed E-state index contributed by atoms with van der Waals surface area (Å²) < 4.78 is 0. The van der Waals surface area contributed by atoms with E-state index in [0.717, 1.165) is 12.6 Å². The summed E-state index contributed by atoms with van der Waals surface area (Å²) in [6.07, 6.45) is 4.69. The van der Waals surface area contributed by atoms with Gasteiger partial charge in [-0.1, -0.05) is 17.7 Å². The van der Waals surface area contributed by atoms with E-state index >= 15 is 0 Å². The highest BCUT2D eigenvalue weighted by atomic mass is 35.5. The normalized spacial score (nSPS) is 28.4. The number of rotatable bonds is 2. The van der Waals surface area contributed by atoms with Crippen LogP contribution in [-0.2, 0) is 0 Å². The molecule has 0 aromatic rings. The smallest absolute Gasteiger partial charge is 0.0177 e. The van der Waals surface area contributed by atoms with E-state index in [0.29, 0.717) is 0 Å². The third kappa shape index (κ3) is 1.99. The Morgan fingerprint density at radius 3 is 3.00 bits per heavy atom. The molecule has 1 rings (SSSR count). The maximum atomic E-state index is 5.42. The molecule has 0 N–H and O–H groups in total. The van der Waals surface area contributed by atoms with Gasteiger partial charge in [0.15, 0.2) is 0 Å². The lowest BCUT2D eigenvalue weighted by Crippen LogP contribution is -2.26. The van der Waals surface area contributed by atoms with Crippen molar-refractivity contribution < 1.29 is 0 Å². The fourth-order valence-electron chi connectivity index (χ4n) is 1.44.